The first-order valence-electron chi connectivity index (χ1n) is 7.63. The van der Waals surface area contributed by atoms with Crippen LogP contribution in [-0.4, -0.2) is 31.6 Å². The van der Waals surface area contributed by atoms with Gasteiger partial charge in [0.2, 0.25) is 0 Å². The summed E-state index contributed by atoms with van der Waals surface area (Å²) in [5.41, 5.74) is 3.52. The number of aromatic nitrogens is 1. The first-order chi connectivity index (χ1) is 11.2. The van der Waals surface area contributed by atoms with E-state index in [0.29, 0.717) is 6.61 Å². The Bertz CT molecular complexity index is 622. The molecule has 0 unspecified atom stereocenters. The lowest BCUT2D eigenvalue weighted by atomic mass is 10.1. The Morgan fingerprint density at radius 3 is 2.57 bits per heavy atom. The minimum absolute atomic E-state index is 0.646. The SMILES string of the molecule is CN=C(NCCc1csc(C)n1)NCc1ccc(COC)cc1. The number of guanidine groups is 1. The van der Waals surface area contributed by atoms with Crippen LogP contribution in [-0.2, 0) is 24.3 Å². The van der Waals surface area contributed by atoms with Crippen LogP contribution in [0.15, 0.2) is 34.6 Å². The van der Waals surface area contributed by atoms with Gasteiger partial charge >= 0.3 is 0 Å². The predicted octanol–water partition coefficient (Wildman–Crippen LogP) is 2.51. The number of rotatable bonds is 7. The number of nitrogens with zero attached hydrogens (tertiary/aromatic N) is 2. The molecule has 1 aromatic heterocycles. The molecular formula is C17H24N4OS. The third kappa shape index (κ3) is 6.00. The molecule has 0 saturated carbocycles. The highest BCUT2D eigenvalue weighted by Crippen LogP contribution is 2.08. The molecule has 0 atom stereocenters. The van der Waals surface area contributed by atoms with Gasteiger partial charge in [0.25, 0.3) is 0 Å². The van der Waals surface area contributed by atoms with E-state index in [-0.39, 0.29) is 0 Å². The van der Waals surface area contributed by atoms with Crippen molar-refractivity contribution in [2.24, 2.45) is 4.99 Å². The zero-order chi connectivity index (χ0) is 16.5. The lowest BCUT2D eigenvalue weighted by Gasteiger charge is -2.11. The van der Waals surface area contributed by atoms with Crippen LogP contribution in [0.25, 0.3) is 0 Å². The highest BCUT2D eigenvalue weighted by atomic mass is 32.1. The number of thiazole rings is 1. The van der Waals surface area contributed by atoms with Crippen molar-refractivity contribution < 1.29 is 4.74 Å². The fourth-order valence-electron chi connectivity index (χ4n) is 2.16. The van der Waals surface area contributed by atoms with Crippen LogP contribution in [0.4, 0.5) is 0 Å². The molecule has 5 nitrogen and oxygen atoms in total. The van der Waals surface area contributed by atoms with E-state index in [1.165, 1.54) is 11.1 Å². The third-order valence-corrected chi connectivity index (χ3v) is 4.18. The van der Waals surface area contributed by atoms with E-state index in [1.54, 1.807) is 25.5 Å². The van der Waals surface area contributed by atoms with Crippen LogP contribution in [0.5, 0.6) is 0 Å². The monoisotopic (exact) mass is 332 g/mol. The van der Waals surface area contributed by atoms with Crippen molar-refractivity contribution in [3.63, 3.8) is 0 Å². The summed E-state index contributed by atoms with van der Waals surface area (Å²) >= 11 is 1.69. The number of methoxy groups -OCH3 is 1. The summed E-state index contributed by atoms with van der Waals surface area (Å²) in [5.74, 6) is 0.804. The Labute approximate surface area is 141 Å². The lowest BCUT2D eigenvalue weighted by molar-refractivity contribution is 0.185. The Morgan fingerprint density at radius 1 is 1.22 bits per heavy atom. The number of nitrogens with one attached hydrogen (secondary N) is 2. The van der Waals surface area contributed by atoms with Gasteiger partial charge in [0.05, 0.1) is 17.3 Å². The van der Waals surface area contributed by atoms with Gasteiger partial charge in [0, 0.05) is 39.0 Å². The molecule has 2 N–H and O–H groups in total. The molecule has 0 aliphatic heterocycles. The largest absolute Gasteiger partial charge is 0.380 e. The predicted molar refractivity (Wildman–Crippen MR) is 95.9 cm³/mol. The number of hydrogen-bond acceptors (Lipinski definition) is 4. The van der Waals surface area contributed by atoms with Crippen LogP contribution in [0.1, 0.15) is 21.8 Å². The number of hydrogen-bond donors (Lipinski definition) is 2. The van der Waals surface area contributed by atoms with Gasteiger partial charge in [-0.2, -0.15) is 0 Å². The van der Waals surface area contributed by atoms with Gasteiger partial charge in [0.15, 0.2) is 5.96 Å². The van der Waals surface area contributed by atoms with E-state index < -0.39 is 0 Å². The second-order valence-electron chi connectivity index (χ2n) is 5.21. The zero-order valence-corrected chi connectivity index (χ0v) is 14.7. The summed E-state index contributed by atoms with van der Waals surface area (Å²) in [6, 6.07) is 8.38. The van der Waals surface area contributed by atoms with Gasteiger partial charge < -0.3 is 15.4 Å². The van der Waals surface area contributed by atoms with Crippen molar-refractivity contribution in [2.75, 3.05) is 20.7 Å². The number of benzene rings is 1. The molecule has 0 spiro atoms. The van der Waals surface area contributed by atoms with E-state index in [2.05, 4.69) is 50.3 Å². The molecule has 2 aromatic rings. The maximum Gasteiger partial charge on any atom is 0.191 e. The number of aliphatic imine (C=N–C) groups is 1. The fourth-order valence-corrected chi connectivity index (χ4v) is 2.81. The van der Waals surface area contributed by atoms with Crippen LogP contribution >= 0.6 is 11.3 Å². The van der Waals surface area contributed by atoms with E-state index in [4.69, 9.17) is 4.74 Å². The number of aryl methyl sites for hydroxylation is 1. The Balaban J connectivity index is 1.74. The summed E-state index contributed by atoms with van der Waals surface area (Å²) in [6.45, 7) is 4.23. The van der Waals surface area contributed by atoms with Gasteiger partial charge in [-0.3, -0.25) is 4.99 Å². The smallest absolute Gasteiger partial charge is 0.191 e. The van der Waals surface area contributed by atoms with Gasteiger partial charge in [0.1, 0.15) is 0 Å². The third-order valence-electron chi connectivity index (χ3n) is 3.36. The van der Waals surface area contributed by atoms with Crippen LogP contribution < -0.4 is 10.6 Å². The molecule has 6 heteroatoms. The standard InChI is InChI=1S/C17H24N4OS/c1-13-21-16(12-23-13)8-9-19-17(18-2)20-10-14-4-6-15(7-5-14)11-22-3/h4-7,12H,8-11H2,1-3H3,(H2,18,19,20). The molecule has 2 rings (SSSR count). The molecule has 0 fully saturated rings. The van der Waals surface area contributed by atoms with Crippen LogP contribution in [0, 0.1) is 6.92 Å². The summed E-state index contributed by atoms with van der Waals surface area (Å²) in [5, 5.41) is 9.85. The van der Waals surface area contributed by atoms with E-state index in [1.807, 2.05) is 6.92 Å². The quantitative estimate of drug-likeness (QED) is 0.604. The molecule has 0 radical (unpaired) electrons. The highest BCUT2D eigenvalue weighted by molar-refractivity contribution is 7.09. The normalized spacial score (nSPS) is 11.5. The molecular weight excluding hydrogens is 308 g/mol. The highest BCUT2D eigenvalue weighted by Gasteiger charge is 2.01. The van der Waals surface area contributed by atoms with Crippen molar-refractivity contribution in [1.29, 1.82) is 0 Å². The van der Waals surface area contributed by atoms with Gasteiger partial charge in [-0.05, 0) is 18.1 Å². The number of ether oxygens (including phenoxy) is 1. The van der Waals surface area contributed by atoms with Gasteiger partial charge in [-0.25, -0.2) is 4.98 Å². The van der Waals surface area contributed by atoms with Crippen LogP contribution in [0.3, 0.4) is 0 Å². The molecule has 1 heterocycles. The van der Waals surface area contributed by atoms with Crippen molar-refractivity contribution in [2.45, 2.75) is 26.5 Å². The summed E-state index contributed by atoms with van der Waals surface area (Å²) in [7, 11) is 3.49. The molecule has 0 bridgehead atoms. The average Bonchev–Trinajstić information content (AvgIpc) is 2.98. The molecule has 0 amide bonds. The topological polar surface area (TPSA) is 58.5 Å². The average molecular weight is 332 g/mol. The maximum absolute atomic E-state index is 5.12. The molecule has 124 valence electrons. The second-order valence-corrected chi connectivity index (χ2v) is 6.27. The van der Waals surface area contributed by atoms with Gasteiger partial charge in [-0.15, -0.1) is 11.3 Å². The van der Waals surface area contributed by atoms with Gasteiger partial charge in [-0.1, -0.05) is 24.3 Å². The Hall–Kier alpha value is -1.92. The van der Waals surface area contributed by atoms with Crippen molar-refractivity contribution >= 4 is 17.3 Å². The molecule has 0 aliphatic carbocycles. The van der Waals surface area contributed by atoms with Crippen LogP contribution in [0.2, 0.25) is 0 Å². The Morgan fingerprint density at radius 2 is 1.96 bits per heavy atom. The molecule has 1 aromatic carbocycles. The minimum Gasteiger partial charge on any atom is -0.380 e. The van der Waals surface area contributed by atoms with E-state index in [0.717, 1.165) is 36.2 Å². The zero-order valence-electron chi connectivity index (χ0n) is 13.9. The Kier molecular flexibility index (Phi) is 7.03. The summed E-state index contributed by atoms with van der Waals surface area (Å²) in [4.78, 5) is 8.70. The van der Waals surface area contributed by atoms with Crippen molar-refractivity contribution in [1.82, 2.24) is 15.6 Å². The summed E-state index contributed by atoms with van der Waals surface area (Å²) < 4.78 is 5.12. The van der Waals surface area contributed by atoms with E-state index >= 15 is 0 Å². The van der Waals surface area contributed by atoms with E-state index in [9.17, 15) is 0 Å². The molecule has 0 saturated heterocycles. The maximum atomic E-state index is 5.12. The first kappa shape index (κ1) is 17.4. The lowest BCUT2D eigenvalue weighted by Crippen LogP contribution is -2.37. The summed E-state index contributed by atoms with van der Waals surface area (Å²) in [6.07, 6.45) is 0.900. The van der Waals surface area contributed by atoms with Crippen molar-refractivity contribution in [3.8, 4) is 0 Å². The molecule has 0 aliphatic rings. The minimum atomic E-state index is 0.646. The first-order valence-corrected chi connectivity index (χ1v) is 8.51. The molecule has 23 heavy (non-hydrogen) atoms. The second kappa shape index (κ2) is 9.27. The fraction of sp³-hybridized carbons (Fsp3) is 0.412. The van der Waals surface area contributed by atoms with Crippen molar-refractivity contribution in [3.05, 3.63) is 51.5 Å².